The molecular weight excluding hydrogens is 353 g/mol. The number of aromatic nitrogens is 1. The van der Waals surface area contributed by atoms with Crippen molar-refractivity contribution < 1.29 is 22.9 Å². The number of anilines is 1. The smallest absolute Gasteiger partial charge is 0.368 e. The van der Waals surface area contributed by atoms with Gasteiger partial charge < -0.3 is 10.6 Å². The Labute approximate surface area is 146 Å². The van der Waals surface area contributed by atoms with Gasteiger partial charge in [-0.15, -0.1) is 0 Å². The number of amides is 1. The fraction of sp³-hybridized carbons (Fsp3) is 0.250. The van der Waals surface area contributed by atoms with E-state index in [2.05, 4.69) is 15.6 Å². The summed E-state index contributed by atoms with van der Waals surface area (Å²) in [5.74, 6) is -0.160. The molecule has 7 nitrogen and oxygen atoms in total. The Balaban J connectivity index is 1.78. The van der Waals surface area contributed by atoms with Crippen molar-refractivity contribution in [2.45, 2.75) is 12.6 Å². The molecule has 1 aromatic carbocycles. The number of nitrogens with zero attached hydrogens (tertiary/aromatic N) is 2. The second kappa shape index (κ2) is 8.28. The standard InChI is InChI=1S/C16H15F3N4O3/c17-16(18,19)12-5-6-14(22-10-12)20-7-8-21-15(24)9-11-3-1-2-4-13(11)23(25)26/h1-6,10H,7-9H2,(H,20,22)(H,21,24). The fourth-order valence-electron chi connectivity index (χ4n) is 2.13. The minimum atomic E-state index is -4.44. The Morgan fingerprint density at radius 3 is 2.50 bits per heavy atom. The highest BCUT2D eigenvalue weighted by molar-refractivity contribution is 5.79. The lowest BCUT2D eigenvalue weighted by molar-refractivity contribution is -0.385. The van der Waals surface area contributed by atoms with Gasteiger partial charge in [-0.2, -0.15) is 13.2 Å². The first-order chi connectivity index (χ1) is 12.3. The van der Waals surface area contributed by atoms with Crippen LogP contribution in [0.3, 0.4) is 0 Å². The molecule has 0 radical (unpaired) electrons. The number of hydrogen-bond acceptors (Lipinski definition) is 5. The van der Waals surface area contributed by atoms with E-state index in [0.29, 0.717) is 5.56 Å². The first-order valence-electron chi connectivity index (χ1n) is 7.53. The maximum Gasteiger partial charge on any atom is 0.417 e. The molecule has 0 aliphatic heterocycles. The van der Waals surface area contributed by atoms with Gasteiger partial charge in [0.15, 0.2) is 0 Å². The maximum atomic E-state index is 12.4. The first-order valence-corrected chi connectivity index (χ1v) is 7.53. The van der Waals surface area contributed by atoms with Crippen LogP contribution in [0.1, 0.15) is 11.1 Å². The summed E-state index contributed by atoms with van der Waals surface area (Å²) in [6.07, 6.45) is -3.87. The summed E-state index contributed by atoms with van der Waals surface area (Å²) in [6.45, 7) is 0.420. The monoisotopic (exact) mass is 368 g/mol. The maximum absolute atomic E-state index is 12.4. The predicted octanol–water partition coefficient (Wildman–Crippen LogP) is 2.78. The van der Waals surface area contributed by atoms with Crippen molar-refractivity contribution in [2.24, 2.45) is 0 Å². The average Bonchev–Trinajstić information content (AvgIpc) is 2.58. The third-order valence-electron chi connectivity index (χ3n) is 3.38. The van der Waals surface area contributed by atoms with Gasteiger partial charge in [0.05, 0.1) is 16.9 Å². The lowest BCUT2D eigenvalue weighted by atomic mass is 10.1. The molecular formula is C16H15F3N4O3. The van der Waals surface area contributed by atoms with Gasteiger partial charge >= 0.3 is 6.18 Å². The van der Waals surface area contributed by atoms with Crippen LogP contribution in [0.4, 0.5) is 24.7 Å². The molecule has 2 aromatic rings. The molecule has 10 heteroatoms. The number of pyridine rings is 1. The molecule has 0 saturated carbocycles. The molecule has 138 valence electrons. The van der Waals surface area contributed by atoms with Crippen LogP contribution in [-0.4, -0.2) is 28.9 Å². The van der Waals surface area contributed by atoms with Gasteiger partial charge in [0.25, 0.3) is 5.69 Å². The summed E-state index contributed by atoms with van der Waals surface area (Å²) in [4.78, 5) is 25.8. The number of nitro groups is 1. The summed E-state index contributed by atoms with van der Waals surface area (Å²) in [6, 6.07) is 8.04. The van der Waals surface area contributed by atoms with Crippen molar-refractivity contribution in [1.82, 2.24) is 10.3 Å². The van der Waals surface area contributed by atoms with Gasteiger partial charge in [0, 0.05) is 30.9 Å². The molecule has 0 spiro atoms. The molecule has 1 aromatic heterocycles. The number of carbonyl (C=O) groups is 1. The van der Waals surface area contributed by atoms with E-state index < -0.39 is 22.6 Å². The van der Waals surface area contributed by atoms with Gasteiger partial charge in [-0.1, -0.05) is 18.2 Å². The zero-order valence-corrected chi connectivity index (χ0v) is 13.4. The summed E-state index contributed by atoms with van der Waals surface area (Å²) >= 11 is 0. The Hall–Kier alpha value is -3.17. The van der Waals surface area contributed by atoms with Gasteiger partial charge in [-0.3, -0.25) is 14.9 Å². The van der Waals surface area contributed by atoms with E-state index in [4.69, 9.17) is 0 Å². The number of carbonyl (C=O) groups excluding carboxylic acids is 1. The molecule has 0 fully saturated rings. The van der Waals surface area contributed by atoms with Crippen molar-refractivity contribution in [2.75, 3.05) is 18.4 Å². The van der Waals surface area contributed by atoms with Gasteiger partial charge in [0.2, 0.25) is 5.91 Å². The average molecular weight is 368 g/mol. The van der Waals surface area contributed by atoms with Gasteiger partial charge in [0.1, 0.15) is 5.82 Å². The Kier molecular flexibility index (Phi) is 6.10. The molecule has 0 aliphatic carbocycles. The fourth-order valence-corrected chi connectivity index (χ4v) is 2.13. The number of benzene rings is 1. The predicted molar refractivity (Wildman–Crippen MR) is 87.5 cm³/mol. The van der Waals surface area contributed by atoms with Crippen molar-refractivity contribution in [3.05, 3.63) is 63.8 Å². The molecule has 1 heterocycles. The summed E-state index contributed by atoms with van der Waals surface area (Å²) in [5.41, 5.74) is -0.678. The highest BCUT2D eigenvalue weighted by Gasteiger charge is 2.30. The molecule has 0 saturated heterocycles. The second-order valence-corrected chi connectivity index (χ2v) is 5.27. The van der Waals surface area contributed by atoms with Crippen molar-refractivity contribution in [3.63, 3.8) is 0 Å². The van der Waals surface area contributed by atoms with Crippen molar-refractivity contribution in [3.8, 4) is 0 Å². The van der Waals surface area contributed by atoms with E-state index >= 15 is 0 Å². The largest absolute Gasteiger partial charge is 0.417 e. The third kappa shape index (κ3) is 5.43. The van der Waals surface area contributed by atoms with Crippen LogP contribution in [0.5, 0.6) is 0 Å². The molecule has 0 aliphatic rings. The number of alkyl halides is 3. The minimum absolute atomic E-state index is 0.130. The zero-order valence-electron chi connectivity index (χ0n) is 13.4. The van der Waals surface area contributed by atoms with Gasteiger partial charge in [-0.05, 0) is 12.1 Å². The summed E-state index contributed by atoms with van der Waals surface area (Å²) < 4.78 is 37.3. The Bertz CT molecular complexity index is 779. The minimum Gasteiger partial charge on any atom is -0.368 e. The number of halogens is 3. The van der Waals surface area contributed by atoms with Crippen LogP contribution < -0.4 is 10.6 Å². The SMILES string of the molecule is O=C(Cc1ccccc1[N+](=O)[O-])NCCNc1ccc(C(F)(F)F)cn1. The number of nitro benzene ring substituents is 1. The molecule has 2 N–H and O–H groups in total. The van der Waals surface area contributed by atoms with E-state index in [1.54, 1.807) is 6.07 Å². The number of nitrogens with one attached hydrogen (secondary N) is 2. The van der Waals surface area contributed by atoms with Crippen LogP contribution in [-0.2, 0) is 17.4 Å². The van der Waals surface area contributed by atoms with Gasteiger partial charge in [-0.25, -0.2) is 4.98 Å². The molecule has 0 unspecified atom stereocenters. The zero-order chi connectivity index (χ0) is 19.2. The van der Waals surface area contributed by atoms with Crippen LogP contribution >= 0.6 is 0 Å². The molecule has 0 bridgehead atoms. The van der Waals surface area contributed by atoms with Crippen LogP contribution in [0.15, 0.2) is 42.6 Å². The lowest BCUT2D eigenvalue weighted by Gasteiger charge is -2.09. The first kappa shape index (κ1) is 19.2. The molecule has 2 rings (SSSR count). The molecule has 0 atom stereocenters. The topological polar surface area (TPSA) is 97.2 Å². The summed E-state index contributed by atoms with van der Waals surface area (Å²) in [5, 5.41) is 16.2. The quantitative estimate of drug-likeness (QED) is 0.445. The van der Waals surface area contributed by atoms with Crippen LogP contribution in [0, 0.1) is 10.1 Å². The van der Waals surface area contributed by atoms with E-state index in [0.717, 1.165) is 12.3 Å². The lowest BCUT2D eigenvalue weighted by Crippen LogP contribution is -2.30. The molecule has 26 heavy (non-hydrogen) atoms. The Morgan fingerprint density at radius 2 is 1.88 bits per heavy atom. The molecule has 1 amide bonds. The Morgan fingerprint density at radius 1 is 1.15 bits per heavy atom. The van der Waals surface area contributed by atoms with Crippen molar-refractivity contribution in [1.29, 1.82) is 0 Å². The van der Waals surface area contributed by atoms with E-state index in [1.807, 2.05) is 0 Å². The van der Waals surface area contributed by atoms with Crippen LogP contribution in [0.2, 0.25) is 0 Å². The van der Waals surface area contributed by atoms with E-state index in [9.17, 15) is 28.1 Å². The van der Waals surface area contributed by atoms with Crippen molar-refractivity contribution >= 4 is 17.4 Å². The summed E-state index contributed by atoms with van der Waals surface area (Å²) in [7, 11) is 0. The van der Waals surface area contributed by atoms with E-state index in [-0.39, 0.29) is 31.0 Å². The third-order valence-corrected chi connectivity index (χ3v) is 3.38. The van der Waals surface area contributed by atoms with E-state index in [1.165, 1.54) is 24.3 Å². The number of rotatable bonds is 7. The van der Waals surface area contributed by atoms with Crippen LogP contribution in [0.25, 0.3) is 0 Å². The number of hydrogen-bond donors (Lipinski definition) is 2. The highest BCUT2D eigenvalue weighted by atomic mass is 19.4. The normalized spacial score (nSPS) is 11.0. The second-order valence-electron chi connectivity index (χ2n) is 5.27. The highest BCUT2D eigenvalue weighted by Crippen LogP contribution is 2.28. The number of para-hydroxylation sites is 1.